The molecule has 0 aliphatic carbocycles. The van der Waals surface area contributed by atoms with Gasteiger partial charge in [0.25, 0.3) is 5.56 Å². The average Bonchev–Trinajstić information content (AvgIpc) is 3.13. The van der Waals surface area contributed by atoms with Gasteiger partial charge < -0.3 is 4.74 Å². The minimum Gasteiger partial charge on any atom is -0.497 e. The molecule has 0 saturated heterocycles. The summed E-state index contributed by atoms with van der Waals surface area (Å²) in [6, 6.07) is 17.8. The molecular formula is C25H24N2O2S2. The summed E-state index contributed by atoms with van der Waals surface area (Å²) < 4.78 is 7.10. The summed E-state index contributed by atoms with van der Waals surface area (Å²) in [7, 11) is 1.63. The van der Waals surface area contributed by atoms with Gasteiger partial charge in [0.15, 0.2) is 5.16 Å². The van der Waals surface area contributed by atoms with Crippen LogP contribution in [0.3, 0.4) is 0 Å². The lowest BCUT2D eigenvalue weighted by Crippen LogP contribution is -2.21. The Bertz CT molecular complexity index is 1290. The van der Waals surface area contributed by atoms with E-state index in [4.69, 9.17) is 9.72 Å². The van der Waals surface area contributed by atoms with Crippen molar-refractivity contribution in [1.29, 1.82) is 0 Å². The number of thioether (sulfide) groups is 1. The van der Waals surface area contributed by atoms with Crippen LogP contribution < -0.4 is 10.3 Å². The summed E-state index contributed by atoms with van der Waals surface area (Å²) in [6.07, 6.45) is 5.08. The van der Waals surface area contributed by atoms with Crippen molar-refractivity contribution in [2.45, 2.75) is 25.4 Å². The predicted molar refractivity (Wildman–Crippen MR) is 132 cm³/mol. The lowest BCUT2D eigenvalue weighted by atomic mass is 10.2. The molecule has 0 aliphatic rings. The van der Waals surface area contributed by atoms with E-state index in [1.807, 2.05) is 49.4 Å². The van der Waals surface area contributed by atoms with Crippen LogP contribution in [0.5, 0.6) is 5.75 Å². The molecule has 0 N–H and O–H groups in total. The van der Waals surface area contributed by atoms with E-state index in [2.05, 4.69) is 31.2 Å². The second-order valence-corrected chi connectivity index (χ2v) is 9.12. The third-order valence-electron chi connectivity index (χ3n) is 5.08. The van der Waals surface area contributed by atoms with Crippen molar-refractivity contribution in [3.63, 3.8) is 0 Å². The van der Waals surface area contributed by atoms with Gasteiger partial charge in [-0.1, -0.05) is 67.2 Å². The van der Waals surface area contributed by atoms with Crippen LogP contribution in [0.25, 0.3) is 22.0 Å². The van der Waals surface area contributed by atoms with Crippen LogP contribution >= 0.6 is 23.1 Å². The van der Waals surface area contributed by atoms with Crippen LogP contribution in [-0.4, -0.2) is 22.4 Å². The topological polar surface area (TPSA) is 44.1 Å². The number of benzene rings is 2. The quantitative estimate of drug-likeness (QED) is 0.252. The van der Waals surface area contributed by atoms with Crippen molar-refractivity contribution in [3.05, 3.63) is 87.0 Å². The first-order valence-corrected chi connectivity index (χ1v) is 12.0. The zero-order chi connectivity index (χ0) is 21.8. The van der Waals surface area contributed by atoms with Crippen LogP contribution in [0, 0.1) is 6.92 Å². The van der Waals surface area contributed by atoms with Crippen LogP contribution in [0.1, 0.15) is 22.9 Å². The molecule has 0 atom stereocenters. The van der Waals surface area contributed by atoms with E-state index >= 15 is 0 Å². The number of aryl methyl sites for hydroxylation is 2. The molecule has 158 valence electrons. The molecule has 4 aromatic rings. The van der Waals surface area contributed by atoms with Gasteiger partial charge in [-0.3, -0.25) is 9.36 Å². The molecule has 0 spiro atoms. The van der Waals surface area contributed by atoms with E-state index in [-0.39, 0.29) is 5.56 Å². The van der Waals surface area contributed by atoms with Crippen LogP contribution in [0.15, 0.2) is 70.6 Å². The number of ether oxygens (including phenoxy) is 1. The van der Waals surface area contributed by atoms with E-state index < -0.39 is 0 Å². The summed E-state index contributed by atoms with van der Waals surface area (Å²) >= 11 is 3.18. The van der Waals surface area contributed by atoms with Crippen LogP contribution in [0.2, 0.25) is 0 Å². The highest BCUT2D eigenvalue weighted by atomic mass is 32.2. The molecule has 0 fully saturated rings. The molecule has 0 radical (unpaired) electrons. The molecule has 0 bridgehead atoms. The molecule has 4 rings (SSSR count). The lowest BCUT2D eigenvalue weighted by molar-refractivity contribution is 0.414. The van der Waals surface area contributed by atoms with Gasteiger partial charge in [-0.25, -0.2) is 4.98 Å². The summed E-state index contributed by atoms with van der Waals surface area (Å²) in [6.45, 7) is 4.13. The summed E-state index contributed by atoms with van der Waals surface area (Å²) in [5.41, 5.74) is 2.92. The van der Waals surface area contributed by atoms with E-state index in [0.717, 1.165) is 28.1 Å². The standard InChI is InChI=1S/C25H24N2O2S2/c1-4-21-17(2)22-23(31-21)26-25(30-15-9-12-18-10-6-5-7-11-18)27(24(22)28)19-13-8-14-20(16-19)29-3/h5-14,16H,4,15H2,1-3H3/b12-9+. The highest BCUT2D eigenvalue weighted by molar-refractivity contribution is 7.99. The minimum absolute atomic E-state index is 0.0266. The highest BCUT2D eigenvalue weighted by Gasteiger charge is 2.18. The molecule has 0 aliphatic heterocycles. The average molecular weight is 449 g/mol. The number of hydrogen-bond acceptors (Lipinski definition) is 5. The first-order valence-electron chi connectivity index (χ1n) is 10.2. The Labute approximate surface area is 190 Å². The third-order valence-corrected chi connectivity index (χ3v) is 7.30. The molecule has 2 aromatic heterocycles. The minimum atomic E-state index is -0.0266. The van der Waals surface area contributed by atoms with Gasteiger partial charge >= 0.3 is 0 Å². The number of aromatic nitrogens is 2. The maximum Gasteiger partial charge on any atom is 0.267 e. The molecule has 0 amide bonds. The van der Waals surface area contributed by atoms with E-state index in [9.17, 15) is 4.79 Å². The second kappa shape index (κ2) is 9.54. The third kappa shape index (κ3) is 4.45. The SMILES string of the molecule is CCc1sc2nc(SC/C=C/c3ccccc3)n(-c3cccc(OC)c3)c(=O)c2c1C. The van der Waals surface area contributed by atoms with Gasteiger partial charge in [0.2, 0.25) is 0 Å². The van der Waals surface area contributed by atoms with Crippen molar-refractivity contribution in [2.75, 3.05) is 12.9 Å². The second-order valence-electron chi connectivity index (χ2n) is 7.04. The Morgan fingerprint density at radius 1 is 1.16 bits per heavy atom. The molecule has 2 aromatic carbocycles. The van der Waals surface area contributed by atoms with Crippen molar-refractivity contribution < 1.29 is 4.74 Å². The monoisotopic (exact) mass is 448 g/mol. The zero-order valence-electron chi connectivity index (χ0n) is 17.8. The zero-order valence-corrected chi connectivity index (χ0v) is 19.4. The fraction of sp³-hybridized carbons (Fsp3) is 0.200. The van der Waals surface area contributed by atoms with Crippen LogP contribution in [-0.2, 0) is 6.42 Å². The molecule has 4 nitrogen and oxygen atoms in total. The van der Waals surface area contributed by atoms with Gasteiger partial charge in [0.05, 0.1) is 18.2 Å². The normalized spacial score (nSPS) is 11.5. The number of fused-ring (bicyclic) bond motifs is 1. The first kappa shape index (κ1) is 21.4. The van der Waals surface area contributed by atoms with Crippen molar-refractivity contribution in [2.24, 2.45) is 0 Å². The van der Waals surface area contributed by atoms with E-state index in [0.29, 0.717) is 22.0 Å². The van der Waals surface area contributed by atoms with Crippen molar-refractivity contribution in [1.82, 2.24) is 9.55 Å². The highest BCUT2D eigenvalue weighted by Crippen LogP contribution is 2.31. The van der Waals surface area contributed by atoms with E-state index in [1.54, 1.807) is 34.8 Å². The summed E-state index contributed by atoms with van der Waals surface area (Å²) in [5, 5.41) is 1.40. The molecule has 2 heterocycles. The Morgan fingerprint density at radius 3 is 2.71 bits per heavy atom. The van der Waals surface area contributed by atoms with E-state index in [1.165, 1.54) is 4.88 Å². The van der Waals surface area contributed by atoms with Gasteiger partial charge in [0, 0.05) is 16.7 Å². The molecule has 0 unspecified atom stereocenters. The fourth-order valence-electron chi connectivity index (χ4n) is 3.49. The first-order chi connectivity index (χ1) is 15.1. The van der Waals surface area contributed by atoms with Crippen molar-refractivity contribution >= 4 is 39.4 Å². The van der Waals surface area contributed by atoms with Gasteiger partial charge in [0.1, 0.15) is 10.6 Å². The largest absolute Gasteiger partial charge is 0.497 e. The van der Waals surface area contributed by atoms with Crippen molar-refractivity contribution in [3.8, 4) is 11.4 Å². The Morgan fingerprint density at radius 2 is 1.97 bits per heavy atom. The maximum atomic E-state index is 13.6. The number of hydrogen-bond donors (Lipinski definition) is 0. The lowest BCUT2D eigenvalue weighted by Gasteiger charge is -2.12. The molecule has 0 saturated carbocycles. The van der Waals surface area contributed by atoms with Gasteiger partial charge in [-0.05, 0) is 36.6 Å². The molecule has 31 heavy (non-hydrogen) atoms. The maximum absolute atomic E-state index is 13.6. The van der Waals surface area contributed by atoms with Gasteiger partial charge in [-0.15, -0.1) is 11.3 Å². The smallest absolute Gasteiger partial charge is 0.267 e. The number of rotatable bonds is 7. The van der Waals surface area contributed by atoms with Crippen LogP contribution in [0.4, 0.5) is 0 Å². The summed E-state index contributed by atoms with van der Waals surface area (Å²) in [5.74, 6) is 1.42. The predicted octanol–water partition coefficient (Wildman–Crippen LogP) is 6.13. The summed E-state index contributed by atoms with van der Waals surface area (Å²) in [4.78, 5) is 20.5. The molecule has 6 heteroatoms. The Kier molecular flexibility index (Phi) is 6.59. The molecular weight excluding hydrogens is 424 g/mol. The van der Waals surface area contributed by atoms with Gasteiger partial charge in [-0.2, -0.15) is 0 Å². The number of methoxy groups -OCH3 is 1. The fourth-order valence-corrected chi connectivity index (χ4v) is 5.47. The Hall–Kier alpha value is -2.83. The Balaban J connectivity index is 1.78. The number of nitrogens with zero attached hydrogens (tertiary/aromatic N) is 2. The number of thiophene rings is 1.